The topological polar surface area (TPSA) is 76.7 Å². The third kappa shape index (κ3) is 4.38. The number of hydrogen-bond donors (Lipinski definition) is 1. The number of rotatable bonds is 7. The Hall–Kier alpha value is -2.83. The molecule has 0 amide bonds. The Morgan fingerprint density at radius 1 is 1.09 bits per heavy atom. The van der Waals surface area contributed by atoms with E-state index in [-0.39, 0.29) is 23.4 Å². The number of thioether (sulfide) groups is 1. The molecule has 0 fully saturated rings. The molecule has 0 saturated carbocycles. The van der Waals surface area contributed by atoms with E-state index in [1.807, 2.05) is 0 Å². The monoisotopic (exact) mass is 481 g/mol. The first-order chi connectivity index (χ1) is 15.3. The molecule has 2 heterocycles. The number of aromatic nitrogens is 5. The summed E-state index contributed by atoms with van der Waals surface area (Å²) in [6.07, 6.45) is 2.62. The molecule has 4 aromatic rings. The Morgan fingerprint density at radius 3 is 2.47 bits per heavy atom. The van der Waals surface area contributed by atoms with Crippen LogP contribution in [-0.4, -0.2) is 34.7 Å². The van der Waals surface area contributed by atoms with Crippen LogP contribution in [0.1, 0.15) is 12.5 Å². The summed E-state index contributed by atoms with van der Waals surface area (Å²) in [5.41, 5.74) is -1.78. The molecule has 2 aromatic carbocycles. The van der Waals surface area contributed by atoms with Gasteiger partial charge in [0.25, 0.3) is 0 Å². The number of benzene rings is 2. The zero-order valence-electron chi connectivity index (χ0n) is 16.4. The molecule has 0 saturated heterocycles. The summed E-state index contributed by atoms with van der Waals surface area (Å²) in [6, 6.07) is 6.00. The van der Waals surface area contributed by atoms with E-state index < -0.39 is 34.1 Å². The average molecular weight is 482 g/mol. The predicted octanol–water partition coefficient (Wildman–Crippen LogP) is 4.42. The molecular formula is C20H15F4N5OS2. The van der Waals surface area contributed by atoms with Crippen LogP contribution in [0.4, 0.5) is 17.6 Å². The molecule has 0 aliphatic carbocycles. The standard InChI is InChI=1S/C20H15F4N5OS2/c1-11(31-19-18(27-28-32-19)14-4-2-12(21)6-16(14)23)20(30,8-29-10-25-9-26-29)15-5-3-13(22)7-17(15)24/h2-7,9-11,30H,8H2,1H3/t11-,20-/m1/s1. The summed E-state index contributed by atoms with van der Waals surface area (Å²) < 4.78 is 61.4. The molecule has 0 spiro atoms. The van der Waals surface area contributed by atoms with Gasteiger partial charge in [-0.05, 0) is 36.7 Å². The van der Waals surface area contributed by atoms with E-state index in [0.29, 0.717) is 10.3 Å². The maximum absolute atomic E-state index is 14.7. The van der Waals surface area contributed by atoms with Crippen LogP contribution in [0.5, 0.6) is 0 Å². The fourth-order valence-corrected chi connectivity index (χ4v) is 5.32. The van der Waals surface area contributed by atoms with E-state index in [1.165, 1.54) is 29.5 Å². The maximum atomic E-state index is 14.7. The quantitative estimate of drug-likeness (QED) is 0.311. The lowest BCUT2D eigenvalue weighted by atomic mass is 9.90. The van der Waals surface area contributed by atoms with Crippen LogP contribution in [0, 0.1) is 23.3 Å². The lowest BCUT2D eigenvalue weighted by molar-refractivity contribution is 0.0133. The van der Waals surface area contributed by atoms with Crippen molar-refractivity contribution in [1.82, 2.24) is 24.4 Å². The van der Waals surface area contributed by atoms with Gasteiger partial charge in [-0.3, -0.25) is 0 Å². The summed E-state index contributed by atoms with van der Waals surface area (Å²) in [6.45, 7) is 1.45. The summed E-state index contributed by atoms with van der Waals surface area (Å²) >= 11 is 2.04. The second-order valence-electron chi connectivity index (χ2n) is 6.93. The summed E-state index contributed by atoms with van der Waals surface area (Å²) in [5.74, 6) is -3.25. The molecule has 12 heteroatoms. The minimum Gasteiger partial charge on any atom is -0.382 e. The smallest absolute Gasteiger partial charge is 0.137 e. The summed E-state index contributed by atoms with van der Waals surface area (Å²) in [5, 5.41) is 18.8. The van der Waals surface area contributed by atoms with E-state index in [9.17, 15) is 22.7 Å². The minimum absolute atomic E-state index is 0.0441. The van der Waals surface area contributed by atoms with Gasteiger partial charge >= 0.3 is 0 Å². The molecule has 4 rings (SSSR count). The SMILES string of the molecule is C[C@@H](Sc1snnc1-c1ccc(F)cc1F)[C@](O)(Cn1cncn1)c1ccc(F)cc1F. The second-order valence-corrected chi connectivity index (χ2v) is 9.30. The van der Waals surface area contributed by atoms with Gasteiger partial charge in [-0.15, -0.1) is 16.9 Å². The first-order valence-electron chi connectivity index (χ1n) is 9.22. The molecule has 2 atom stereocenters. The van der Waals surface area contributed by atoms with Crippen molar-refractivity contribution in [2.75, 3.05) is 0 Å². The summed E-state index contributed by atoms with van der Waals surface area (Å²) in [4.78, 5) is 3.83. The van der Waals surface area contributed by atoms with Crippen molar-refractivity contribution >= 4 is 23.3 Å². The highest BCUT2D eigenvalue weighted by Gasteiger charge is 2.40. The second kappa shape index (κ2) is 8.96. The van der Waals surface area contributed by atoms with Crippen molar-refractivity contribution in [2.24, 2.45) is 0 Å². The lowest BCUT2D eigenvalue weighted by Gasteiger charge is -2.34. The fourth-order valence-electron chi connectivity index (χ4n) is 3.20. The van der Waals surface area contributed by atoms with E-state index in [1.54, 1.807) is 6.92 Å². The average Bonchev–Trinajstić information content (AvgIpc) is 3.40. The van der Waals surface area contributed by atoms with Crippen LogP contribution in [0.25, 0.3) is 11.3 Å². The maximum Gasteiger partial charge on any atom is 0.137 e. The van der Waals surface area contributed by atoms with Crippen LogP contribution in [-0.2, 0) is 12.1 Å². The van der Waals surface area contributed by atoms with E-state index in [0.717, 1.165) is 41.5 Å². The van der Waals surface area contributed by atoms with Crippen molar-refractivity contribution in [3.05, 3.63) is 77.9 Å². The Kier molecular flexibility index (Phi) is 6.26. The van der Waals surface area contributed by atoms with Gasteiger partial charge < -0.3 is 5.11 Å². The molecule has 0 radical (unpaired) electrons. The fraction of sp³-hybridized carbons (Fsp3) is 0.200. The first kappa shape index (κ1) is 22.4. The van der Waals surface area contributed by atoms with Crippen molar-refractivity contribution < 1.29 is 22.7 Å². The van der Waals surface area contributed by atoms with Gasteiger partial charge in [0, 0.05) is 28.5 Å². The molecule has 0 bridgehead atoms. The zero-order chi connectivity index (χ0) is 22.9. The Bertz CT molecular complexity index is 1240. The predicted molar refractivity (Wildman–Crippen MR) is 111 cm³/mol. The van der Waals surface area contributed by atoms with Crippen LogP contribution < -0.4 is 0 Å². The Balaban J connectivity index is 1.71. The van der Waals surface area contributed by atoms with Crippen LogP contribution in [0.3, 0.4) is 0 Å². The highest BCUT2D eigenvalue weighted by Crippen LogP contribution is 2.43. The first-order valence-corrected chi connectivity index (χ1v) is 10.9. The third-order valence-electron chi connectivity index (χ3n) is 4.87. The van der Waals surface area contributed by atoms with E-state index in [4.69, 9.17) is 0 Å². The number of aliphatic hydroxyl groups is 1. The van der Waals surface area contributed by atoms with Gasteiger partial charge in [0.15, 0.2) is 0 Å². The number of halogens is 4. The van der Waals surface area contributed by atoms with Crippen molar-refractivity contribution in [1.29, 1.82) is 0 Å². The normalized spacial score (nSPS) is 14.3. The van der Waals surface area contributed by atoms with E-state index in [2.05, 4.69) is 19.7 Å². The van der Waals surface area contributed by atoms with Gasteiger partial charge in [-0.1, -0.05) is 10.6 Å². The van der Waals surface area contributed by atoms with Crippen LogP contribution in [0.15, 0.2) is 53.3 Å². The molecule has 1 N–H and O–H groups in total. The Labute approximate surface area is 188 Å². The van der Waals surface area contributed by atoms with Gasteiger partial charge in [0.1, 0.15) is 51.4 Å². The van der Waals surface area contributed by atoms with Gasteiger partial charge in [0.2, 0.25) is 0 Å². The van der Waals surface area contributed by atoms with Crippen molar-refractivity contribution in [2.45, 2.75) is 28.5 Å². The third-order valence-corrected chi connectivity index (χ3v) is 7.05. The molecule has 0 aliphatic heterocycles. The lowest BCUT2D eigenvalue weighted by Crippen LogP contribution is -2.41. The van der Waals surface area contributed by atoms with Gasteiger partial charge in [0.05, 0.1) is 6.54 Å². The molecule has 6 nitrogen and oxygen atoms in total. The van der Waals surface area contributed by atoms with Crippen molar-refractivity contribution in [3.8, 4) is 11.3 Å². The molecular weight excluding hydrogens is 466 g/mol. The van der Waals surface area contributed by atoms with Crippen molar-refractivity contribution in [3.63, 3.8) is 0 Å². The number of nitrogens with zero attached hydrogens (tertiary/aromatic N) is 5. The van der Waals surface area contributed by atoms with E-state index >= 15 is 0 Å². The largest absolute Gasteiger partial charge is 0.382 e. The minimum atomic E-state index is -1.86. The summed E-state index contributed by atoms with van der Waals surface area (Å²) in [7, 11) is 0. The highest BCUT2D eigenvalue weighted by molar-refractivity contribution is 8.01. The molecule has 2 aromatic heterocycles. The highest BCUT2D eigenvalue weighted by atomic mass is 32.2. The molecule has 0 aliphatic rings. The van der Waals surface area contributed by atoms with Crippen LogP contribution in [0.2, 0.25) is 0 Å². The Morgan fingerprint density at radius 2 is 1.81 bits per heavy atom. The molecule has 0 unspecified atom stereocenters. The number of hydrogen-bond acceptors (Lipinski definition) is 7. The van der Waals surface area contributed by atoms with Gasteiger partial charge in [-0.2, -0.15) is 5.10 Å². The van der Waals surface area contributed by atoms with Crippen LogP contribution >= 0.6 is 23.3 Å². The zero-order valence-corrected chi connectivity index (χ0v) is 18.0. The van der Waals surface area contributed by atoms with Gasteiger partial charge in [-0.25, -0.2) is 27.2 Å². The molecule has 32 heavy (non-hydrogen) atoms. The molecule has 166 valence electrons.